The Balaban J connectivity index is 1.80. The molecule has 0 aromatic heterocycles. The summed E-state index contributed by atoms with van der Waals surface area (Å²) in [5, 5.41) is 18.8. The predicted molar refractivity (Wildman–Crippen MR) is 113 cm³/mol. The Hall–Kier alpha value is -0.610. The molecule has 1 rings (SSSR count). The molecule has 27 heavy (non-hydrogen) atoms. The van der Waals surface area contributed by atoms with Crippen LogP contribution in [0, 0.1) is 0 Å². The van der Waals surface area contributed by atoms with Crippen LogP contribution < -0.4 is 0 Å². The fourth-order valence-electron chi connectivity index (χ4n) is 4.25. The second-order valence-corrected chi connectivity index (χ2v) is 8.54. The highest BCUT2D eigenvalue weighted by Crippen LogP contribution is 2.19. The number of hydrogen-bond acceptors (Lipinski definition) is 3. The molecule has 1 saturated heterocycles. The van der Waals surface area contributed by atoms with E-state index in [1.54, 1.807) is 0 Å². The summed E-state index contributed by atoms with van der Waals surface area (Å²) in [6.07, 6.45) is 21.5. The highest BCUT2D eigenvalue weighted by molar-refractivity contribution is 5.74. The topological polar surface area (TPSA) is 60.8 Å². The van der Waals surface area contributed by atoms with Gasteiger partial charge >= 0.3 is 5.97 Å². The quantitative estimate of drug-likeness (QED) is 0.295. The number of carbonyl (C=O) groups is 1. The van der Waals surface area contributed by atoms with Crippen molar-refractivity contribution >= 4 is 5.97 Å². The molecule has 0 radical (unpaired) electrons. The molecular weight excluding hydrogens is 338 g/mol. The predicted octanol–water partition coefficient (Wildman–Crippen LogP) is 5.77. The summed E-state index contributed by atoms with van der Waals surface area (Å²) in [4.78, 5) is 13.1. The van der Waals surface area contributed by atoms with Crippen molar-refractivity contribution in [3.05, 3.63) is 0 Å². The first kappa shape index (κ1) is 24.4. The zero-order valence-corrected chi connectivity index (χ0v) is 17.8. The van der Waals surface area contributed by atoms with E-state index in [-0.39, 0.29) is 0 Å². The Morgan fingerprint density at radius 3 is 1.59 bits per heavy atom. The summed E-state index contributed by atoms with van der Waals surface area (Å²) in [6, 6.07) is -0.476. The van der Waals surface area contributed by atoms with E-state index >= 15 is 0 Å². The molecule has 1 aliphatic heterocycles. The van der Waals surface area contributed by atoms with Crippen molar-refractivity contribution < 1.29 is 15.0 Å². The van der Waals surface area contributed by atoms with Gasteiger partial charge in [0.2, 0.25) is 0 Å². The van der Waals surface area contributed by atoms with Crippen molar-refractivity contribution in [2.75, 3.05) is 13.1 Å². The minimum Gasteiger partial charge on any atom is -0.480 e. The third kappa shape index (κ3) is 12.5. The van der Waals surface area contributed by atoms with Gasteiger partial charge in [0.1, 0.15) is 6.04 Å². The number of rotatable bonds is 18. The van der Waals surface area contributed by atoms with Crippen molar-refractivity contribution in [3.8, 4) is 0 Å². The van der Waals surface area contributed by atoms with Gasteiger partial charge in [-0.05, 0) is 13.0 Å². The second-order valence-electron chi connectivity index (χ2n) is 8.54. The molecule has 0 aliphatic carbocycles. The van der Waals surface area contributed by atoms with Crippen LogP contribution in [-0.4, -0.2) is 46.3 Å². The van der Waals surface area contributed by atoms with Gasteiger partial charge in [-0.3, -0.25) is 9.69 Å². The first-order chi connectivity index (χ1) is 13.1. The minimum atomic E-state index is -0.789. The zero-order chi connectivity index (χ0) is 19.7. The molecule has 0 spiro atoms. The number of carboxylic acids is 1. The van der Waals surface area contributed by atoms with E-state index in [0.717, 1.165) is 13.0 Å². The standard InChI is InChI=1S/C23H45NO3/c1-2-3-4-5-6-7-8-9-10-11-12-13-14-15-16-17-18-24-20-21(25)19-22(24)23(26)27/h21-22,25H,2-20H2,1H3,(H,26,27)/t21-,22+/m1/s1. The van der Waals surface area contributed by atoms with E-state index in [9.17, 15) is 15.0 Å². The summed E-state index contributed by atoms with van der Waals surface area (Å²) in [5.41, 5.74) is 0. The molecule has 2 atom stereocenters. The maximum atomic E-state index is 11.2. The Morgan fingerprint density at radius 1 is 0.778 bits per heavy atom. The lowest BCUT2D eigenvalue weighted by molar-refractivity contribution is -0.142. The van der Waals surface area contributed by atoms with Crippen molar-refractivity contribution in [3.63, 3.8) is 0 Å². The number of likely N-dealkylation sites (tertiary alicyclic amines) is 1. The number of unbranched alkanes of at least 4 members (excludes halogenated alkanes) is 15. The van der Waals surface area contributed by atoms with Crippen LogP contribution >= 0.6 is 0 Å². The number of aliphatic hydroxyl groups is 1. The van der Waals surface area contributed by atoms with Crippen molar-refractivity contribution in [2.24, 2.45) is 0 Å². The van der Waals surface area contributed by atoms with Crippen LogP contribution in [-0.2, 0) is 4.79 Å². The van der Waals surface area contributed by atoms with Crippen molar-refractivity contribution in [1.82, 2.24) is 4.90 Å². The molecule has 0 aromatic rings. The summed E-state index contributed by atoms with van der Waals surface area (Å²) >= 11 is 0. The molecule has 0 aromatic carbocycles. The van der Waals surface area contributed by atoms with E-state index in [1.165, 1.54) is 96.3 Å². The average Bonchev–Trinajstić information content (AvgIpc) is 3.02. The third-order valence-corrected chi connectivity index (χ3v) is 5.97. The van der Waals surface area contributed by atoms with Crippen LogP contribution in [0.2, 0.25) is 0 Å². The van der Waals surface area contributed by atoms with Crippen LogP contribution in [0.3, 0.4) is 0 Å². The first-order valence-electron chi connectivity index (χ1n) is 11.8. The highest BCUT2D eigenvalue weighted by Gasteiger charge is 2.35. The monoisotopic (exact) mass is 383 g/mol. The van der Waals surface area contributed by atoms with E-state index in [1.807, 2.05) is 4.90 Å². The van der Waals surface area contributed by atoms with E-state index in [0.29, 0.717) is 13.0 Å². The molecule has 1 heterocycles. The third-order valence-electron chi connectivity index (χ3n) is 5.97. The summed E-state index contributed by atoms with van der Waals surface area (Å²) in [6.45, 7) is 3.61. The largest absolute Gasteiger partial charge is 0.480 e. The maximum Gasteiger partial charge on any atom is 0.321 e. The minimum absolute atomic E-state index is 0.383. The van der Waals surface area contributed by atoms with Crippen LogP contribution in [0.5, 0.6) is 0 Å². The van der Waals surface area contributed by atoms with Gasteiger partial charge in [0.15, 0.2) is 0 Å². The molecular formula is C23H45NO3. The lowest BCUT2D eigenvalue weighted by atomic mass is 10.0. The molecule has 4 heteroatoms. The molecule has 2 N–H and O–H groups in total. The fourth-order valence-corrected chi connectivity index (χ4v) is 4.25. The molecule has 1 fully saturated rings. The normalized spacial score (nSPS) is 20.4. The molecule has 0 saturated carbocycles. The number of aliphatic carboxylic acids is 1. The molecule has 0 amide bonds. The van der Waals surface area contributed by atoms with E-state index in [4.69, 9.17) is 0 Å². The Morgan fingerprint density at radius 2 is 1.19 bits per heavy atom. The number of hydrogen-bond donors (Lipinski definition) is 2. The van der Waals surface area contributed by atoms with Crippen LogP contribution in [0.15, 0.2) is 0 Å². The summed E-state index contributed by atoms with van der Waals surface area (Å²) in [7, 11) is 0. The smallest absolute Gasteiger partial charge is 0.321 e. The molecule has 4 nitrogen and oxygen atoms in total. The lowest BCUT2D eigenvalue weighted by Crippen LogP contribution is -2.36. The molecule has 0 bridgehead atoms. The molecule has 160 valence electrons. The maximum absolute atomic E-state index is 11.2. The Labute approximate surface area is 167 Å². The van der Waals surface area contributed by atoms with Crippen LogP contribution in [0.1, 0.15) is 116 Å². The van der Waals surface area contributed by atoms with Crippen LogP contribution in [0.4, 0.5) is 0 Å². The molecule has 0 unspecified atom stereocenters. The van der Waals surface area contributed by atoms with E-state index < -0.39 is 18.1 Å². The second kappa shape index (κ2) is 16.4. The van der Waals surface area contributed by atoms with Gasteiger partial charge in [-0.15, -0.1) is 0 Å². The van der Waals surface area contributed by atoms with Gasteiger partial charge in [0, 0.05) is 13.0 Å². The zero-order valence-electron chi connectivity index (χ0n) is 17.8. The number of nitrogens with zero attached hydrogens (tertiary/aromatic N) is 1. The first-order valence-corrected chi connectivity index (χ1v) is 11.8. The van der Waals surface area contributed by atoms with E-state index in [2.05, 4.69) is 6.92 Å². The fraction of sp³-hybridized carbons (Fsp3) is 0.957. The summed E-state index contributed by atoms with van der Waals surface area (Å²) < 4.78 is 0. The SMILES string of the molecule is CCCCCCCCCCCCCCCCCCN1C[C@H](O)C[C@H]1C(=O)O. The number of carboxylic acid groups (broad SMARTS) is 1. The van der Waals surface area contributed by atoms with Gasteiger partial charge in [0.25, 0.3) is 0 Å². The van der Waals surface area contributed by atoms with Gasteiger partial charge in [-0.1, -0.05) is 103 Å². The number of aliphatic hydroxyl groups excluding tert-OH is 1. The average molecular weight is 384 g/mol. The van der Waals surface area contributed by atoms with Gasteiger partial charge < -0.3 is 10.2 Å². The lowest BCUT2D eigenvalue weighted by Gasteiger charge is -2.20. The summed E-state index contributed by atoms with van der Waals surface area (Å²) in [5.74, 6) is -0.789. The van der Waals surface area contributed by atoms with Gasteiger partial charge in [0.05, 0.1) is 6.10 Å². The van der Waals surface area contributed by atoms with Crippen LogP contribution in [0.25, 0.3) is 0 Å². The van der Waals surface area contributed by atoms with Crippen molar-refractivity contribution in [2.45, 2.75) is 128 Å². The van der Waals surface area contributed by atoms with Crippen molar-refractivity contribution in [1.29, 1.82) is 0 Å². The van der Waals surface area contributed by atoms with Gasteiger partial charge in [-0.2, -0.15) is 0 Å². The number of β-amino-alcohol motifs (C(OH)–C–C–N with tert-alkyl or cyclic N) is 1. The Bertz CT molecular complexity index is 362. The van der Waals surface area contributed by atoms with Gasteiger partial charge in [-0.25, -0.2) is 0 Å². The molecule has 1 aliphatic rings. The highest BCUT2D eigenvalue weighted by atomic mass is 16.4. The Kier molecular flexibility index (Phi) is 14.8.